The average Bonchev–Trinajstić information content (AvgIpc) is 2.33. The van der Waals surface area contributed by atoms with E-state index in [1.165, 1.54) is 20.2 Å². The van der Waals surface area contributed by atoms with E-state index < -0.39 is 10.0 Å². The molecule has 0 atom stereocenters. The van der Waals surface area contributed by atoms with Crippen molar-refractivity contribution in [2.45, 2.75) is 18.7 Å². The second-order valence-corrected chi connectivity index (χ2v) is 6.80. The summed E-state index contributed by atoms with van der Waals surface area (Å²) >= 11 is 5.44. The van der Waals surface area contributed by atoms with E-state index in [-0.39, 0.29) is 16.7 Å². The molecule has 0 aliphatic carbocycles. The highest BCUT2D eigenvalue weighted by atomic mass is 35.5. The number of aryl methyl sites for hydroxylation is 1. The highest BCUT2D eigenvalue weighted by molar-refractivity contribution is 7.89. The summed E-state index contributed by atoms with van der Waals surface area (Å²) in [6, 6.07) is 3.03. The molecule has 0 unspecified atom stereocenters. The van der Waals surface area contributed by atoms with Gasteiger partial charge in [0.2, 0.25) is 15.9 Å². The SMILES string of the molecule is Cc1cc(S(=O)(=O)N(C)C)cc(NC(=O)CCl)c1C. The zero-order valence-corrected chi connectivity index (χ0v) is 12.9. The van der Waals surface area contributed by atoms with Crippen molar-refractivity contribution in [2.75, 3.05) is 25.3 Å². The lowest BCUT2D eigenvalue weighted by atomic mass is 10.1. The van der Waals surface area contributed by atoms with Crippen LogP contribution in [0.5, 0.6) is 0 Å². The minimum absolute atomic E-state index is 0.144. The summed E-state index contributed by atoms with van der Waals surface area (Å²) in [6.07, 6.45) is 0. The van der Waals surface area contributed by atoms with Crippen LogP contribution in [0.25, 0.3) is 0 Å². The minimum atomic E-state index is -3.53. The molecule has 0 aliphatic rings. The Morgan fingerprint density at radius 1 is 1.32 bits per heavy atom. The van der Waals surface area contributed by atoms with Crippen LogP contribution in [0.3, 0.4) is 0 Å². The predicted molar refractivity (Wildman–Crippen MR) is 76.1 cm³/mol. The number of amides is 1. The molecule has 19 heavy (non-hydrogen) atoms. The van der Waals surface area contributed by atoms with Crippen LogP contribution in [0, 0.1) is 13.8 Å². The van der Waals surface area contributed by atoms with Crippen molar-refractivity contribution in [3.8, 4) is 0 Å². The quantitative estimate of drug-likeness (QED) is 0.862. The monoisotopic (exact) mass is 304 g/mol. The number of carbonyl (C=O) groups excluding carboxylic acids is 1. The van der Waals surface area contributed by atoms with Crippen molar-refractivity contribution < 1.29 is 13.2 Å². The Bertz CT molecular complexity index is 597. The molecular formula is C12H17ClN2O3S. The van der Waals surface area contributed by atoms with Gasteiger partial charge in [-0.3, -0.25) is 4.79 Å². The van der Waals surface area contributed by atoms with Crippen molar-refractivity contribution in [1.29, 1.82) is 0 Å². The number of nitrogens with one attached hydrogen (secondary N) is 1. The van der Waals surface area contributed by atoms with Crippen molar-refractivity contribution in [3.63, 3.8) is 0 Å². The van der Waals surface area contributed by atoms with E-state index >= 15 is 0 Å². The van der Waals surface area contributed by atoms with Gasteiger partial charge in [0.25, 0.3) is 0 Å². The molecule has 5 nitrogen and oxygen atoms in total. The summed E-state index contributed by atoms with van der Waals surface area (Å²) in [4.78, 5) is 11.5. The third kappa shape index (κ3) is 3.46. The Morgan fingerprint density at radius 2 is 1.89 bits per heavy atom. The van der Waals surface area contributed by atoms with Crippen LogP contribution in [0.1, 0.15) is 11.1 Å². The van der Waals surface area contributed by atoms with Crippen LogP contribution < -0.4 is 5.32 Å². The van der Waals surface area contributed by atoms with Gasteiger partial charge in [0.1, 0.15) is 5.88 Å². The van der Waals surface area contributed by atoms with Gasteiger partial charge in [-0.25, -0.2) is 12.7 Å². The lowest BCUT2D eigenvalue weighted by Gasteiger charge is -2.16. The van der Waals surface area contributed by atoms with Crippen LogP contribution in [0.4, 0.5) is 5.69 Å². The summed E-state index contributed by atoms with van der Waals surface area (Å²) in [5.41, 5.74) is 2.06. The molecule has 0 fully saturated rings. The Hall–Kier alpha value is -1.11. The maximum Gasteiger partial charge on any atom is 0.242 e. The van der Waals surface area contributed by atoms with Crippen LogP contribution in [-0.2, 0) is 14.8 Å². The van der Waals surface area contributed by atoms with Crippen molar-refractivity contribution in [3.05, 3.63) is 23.3 Å². The number of anilines is 1. The summed E-state index contributed by atoms with van der Waals surface area (Å²) in [7, 11) is -0.612. The fraction of sp³-hybridized carbons (Fsp3) is 0.417. The molecule has 1 aromatic rings. The minimum Gasteiger partial charge on any atom is -0.325 e. The van der Waals surface area contributed by atoms with E-state index in [1.807, 2.05) is 6.92 Å². The first kappa shape index (κ1) is 15.9. The Balaban J connectivity index is 3.36. The number of alkyl halides is 1. The largest absolute Gasteiger partial charge is 0.325 e. The number of carbonyl (C=O) groups is 1. The number of nitrogens with zero attached hydrogens (tertiary/aromatic N) is 1. The Kier molecular flexibility index (Phi) is 4.95. The number of benzene rings is 1. The lowest BCUT2D eigenvalue weighted by molar-refractivity contribution is -0.113. The molecule has 1 rings (SSSR count). The van der Waals surface area contributed by atoms with E-state index in [0.717, 1.165) is 15.4 Å². The highest BCUT2D eigenvalue weighted by Gasteiger charge is 2.19. The van der Waals surface area contributed by atoms with Gasteiger partial charge in [0.15, 0.2) is 0 Å². The van der Waals surface area contributed by atoms with E-state index in [4.69, 9.17) is 11.6 Å². The molecule has 7 heteroatoms. The molecule has 0 aliphatic heterocycles. The number of rotatable bonds is 4. The molecule has 0 bridgehead atoms. The average molecular weight is 305 g/mol. The van der Waals surface area contributed by atoms with Crippen molar-refractivity contribution >= 4 is 33.2 Å². The van der Waals surface area contributed by atoms with Gasteiger partial charge in [-0.2, -0.15) is 0 Å². The number of hydrogen-bond acceptors (Lipinski definition) is 3. The second-order valence-electron chi connectivity index (χ2n) is 4.38. The van der Waals surface area contributed by atoms with Gasteiger partial charge in [0.05, 0.1) is 4.90 Å². The molecular weight excluding hydrogens is 288 g/mol. The van der Waals surface area contributed by atoms with Crippen molar-refractivity contribution in [1.82, 2.24) is 4.31 Å². The smallest absolute Gasteiger partial charge is 0.242 e. The number of hydrogen-bond donors (Lipinski definition) is 1. The van der Waals surface area contributed by atoms with Gasteiger partial charge in [0, 0.05) is 19.8 Å². The molecule has 0 spiro atoms. The summed E-state index contributed by atoms with van der Waals surface area (Å²) in [5, 5.41) is 2.60. The van der Waals surface area contributed by atoms with Crippen LogP contribution in [0.2, 0.25) is 0 Å². The summed E-state index contributed by atoms with van der Waals surface area (Å²) in [5.74, 6) is -0.549. The van der Waals surface area contributed by atoms with E-state index in [0.29, 0.717) is 5.69 Å². The maximum atomic E-state index is 12.1. The summed E-state index contributed by atoms with van der Waals surface area (Å²) in [6.45, 7) is 3.60. The predicted octanol–water partition coefficient (Wildman–Crippen LogP) is 1.73. The van der Waals surface area contributed by atoms with Crippen molar-refractivity contribution in [2.24, 2.45) is 0 Å². The second kappa shape index (κ2) is 5.90. The molecule has 0 saturated carbocycles. The van der Waals surface area contributed by atoms with Gasteiger partial charge in [-0.05, 0) is 37.1 Å². The molecule has 0 aromatic heterocycles. The normalized spacial score (nSPS) is 11.7. The summed E-state index contributed by atoms with van der Waals surface area (Å²) < 4.78 is 25.3. The maximum absolute atomic E-state index is 12.1. The van der Waals surface area contributed by atoms with Gasteiger partial charge < -0.3 is 5.32 Å². The Labute approximate surface area is 118 Å². The molecule has 1 amide bonds. The first-order chi connectivity index (χ1) is 8.70. The molecule has 1 aromatic carbocycles. The molecule has 0 saturated heterocycles. The zero-order valence-electron chi connectivity index (χ0n) is 11.3. The van der Waals surface area contributed by atoms with Crippen LogP contribution >= 0.6 is 11.6 Å². The zero-order chi connectivity index (χ0) is 14.8. The van der Waals surface area contributed by atoms with Gasteiger partial charge >= 0.3 is 0 Å². The van der Waals surface area contributed by atoms with E-state index in [1.54, 1.807) is 13.0 Å². The van der Waals surface area contributed by atoms with Gasteiger partial charge in [-0.1, -0.05) is 0 Å². The highest BCUT2D eigenvalue weighted by Crippen LogP contribution is 2.25. The molecule has 1 N–H and O–H groups in total. The fourth-order valence-corrected chi connectivity index (χ4v) is 2.58. The van der Waals surface area contributed by atoms with Gasteiger partial charge in [-0.15, -0.1) is 11.6 Å². The van der Waals surface area contributed by atoms with Crippen LogP contribution in [0.15, 0.2) is 17.0 Å². The molecule has 0 heterocycles. The molecule has 106 valence electrons. The Morgan fingerprint density at radius 3 is 2.37 bits per heavy atom. The van der Waals surface area contributed by atoms with E-state index in [9.17, 15) is 13.2 Å². The number of sulfonamides is 1. The fourth-order valence-electron chi connectivity index (χ4n) is 1.50. The third-order valence-corrected chi connectivity index (χ3v) is 4.85. The third-order valence-electron chi connectivity index (χ3n) is 2.81. The molecule has 0 radical (unpaired) electrons. The number of halogens is 1. The van der Waals surface area contributed by atoms with E-state index in [2.05, 4.69) is 5.32 Å². The standard InChI is InChI=1S/C12H17ClN2O3S/c1-8-5-10(19(17,18)15(3)4)6-11(9(8)2)14-12(16)7-13/h5-6H,7H2,1-4H3,(H,14,16). The first-order valence-corrected chi connectivity index (χ1v) is 7.57. The van der Waals surface area contributed by atoms with Crippen LogP contribution in [-0.4, -0.2) is 38.6 Å². The topological polar surface area (TPSA) is 66.5 Å². The first-order valence-electron chi connectivity index (χ1n) is 5.59. The lowest BCUT2D eigenvalue weighted by Crippen LogP contribution is -2.23.